The molecular formula is C15H20N2O2. The largest absolute Gasteiger partial charge is 0.352 e. The number of benzene rings is 1. The molecule has 1 aromatic carbocycles. The Hall–Kier alpha value is -1.68. The third kappa shape index (κ3) is 4.17. The van der Waals surface area contributed by atoms with Crippen LogP contribution in [0, 0.1) is 0 Å². The maximum absolute atomic E-state index is 12.0. The molecule has 1 aliphatic heterocycles. The van der Waals surface area contributed by atoms with Crippen molar-refractivity contribution in [3.63, 3.8) is 0 Å². The molecule has 1 amide bonds. The maximum atomic E-state index is 12.0. The Bertz CT molecular complexity index is 445. The second-order valence-electron chi connectivity index (χ2n) is 5.03. The van der Waals surface area contributed by atoms with Gasteiger partial charge in [0.15, 0.2) is 5.78 Å². The summed E-state index contributed by atoms with van der Waals surface area (Å²) in [7, 11) is 0. The van der Waals surface area contributed by atoms with Gasteiger partial charge in [0.25, 0.3) is 0 Å². The highest BCUT2D eigenvalue weighted by Gasteiger charge is 2.23. The number of nitrogens with one attached hydrogen (secondary N) is 1. The molecule has 0 aromatic heterocycles. The lowest BCUT2D eigenvalue weighted by Gasteiger charge is -2.15. The lowest BCUT2D eigenvalue weighted by Crippen LogP contribution is -2.35. The first kappa shape index (κ1) is 13.7. The van der Waals surface area contributed by atoms with Crippen LogP contribution >= 0.6 is 0 Å². The first-order valence-corrected chi connectivity index (χ1v) is 6.73. The van der Waals surface area contributed by atoms with Crippen molar-refractivity contribution in [1.29, 1.82) is 0 Å². The quantitative estimate of drug-likeness (QED) is 0.816. The zero-order valence-corrected chi connectivity index (χ0v) is 11.3. The second kappa shape index (κ2) is 6.48. The van der Waals surface area contributed by atoms with Gasteiger partial charge in [-0.15, -0.1) is 0 Å². The van der Waals surface area contributed by atoms with Crippen LogP contribution in [0.25, 0.3) is 0 Å². The van der Waals surface area contributed by atoms with Gasteiger partial charge in [-0.25, -0.2) is 0 Å². The molecule has 0 radical (unpaired) electrons. The monoisotopic (exact) mass is 260 g/mol. The molecule has 0 spiro atoms. The van der Waals surface area contributed by atoms with E-state index in [2.05, 4.69) is 10.2 Å². The van der Waals surface area contributed by atoms with E-state index in [1.54, 1.807) is 6.92 Å². The number of rotatable bonds is 5. The minimum absolute atomic E-state index is 0.0206. The van der Waals surface area contributed by atoms with E-state index in [0.717, 1.165) is 31.6 Å². The zero-order valence-electron chi connectivity index (χ0n) is 11.3. The minimum Gasteiger partial charge on any atom is -0.352 e. The van der Waals surface area contributed by atoms with Crippen molar-refractivity contribution in [3.8, 4) is 0 Å². The van der Waals surface area contributed by atoms with Crippen LogP contribution in [0.4, 0.5) is 0 Å². The average molecular weight is 260 g/mol. The van der Waals surface area contributed by atoms with Crippen molar-refractivity contribution >= 4 is 11.7 Å². The third-order valence-corrected chi connectivity index (χ3v) is 3.43. The van der Waals surface area contributed by atoms with Crippen LogP contribution in [0.2, 0.25) is 0 Å². The third-order valence-electron chi connectivity index (χ3n) is 3.43. The number of carbonyl (C=O) groups excluding carboxylic acids is 2. The van der Waals surface area contributed by atoms with Crippen molar-refractivity contribution in [2.45, 2.75) is 25.8 Å². The van der Waals surface area contributed by atoms with Crippen molar-refractivity contribution in [3.05, 3.63) is 35.9 Å². The van der Waals surface area contributed by atoms with Gasteiger partial charge in [-0.3, -0.25) is 9.59 Å². The van der Waals surface area contributed by atoms with Gasteiger partial charge >= 0.3 is 0 Å². The summed E-state index contributed by atoms with van der Waals surface area (Å²) in [5.74, 6) is 0.204. The van der Waals surface area contributed by atoms with Crippen LogP contribution in [0.3, 0.4) is 0 Å². The Labute approximate surface area is 113 Å². The molecule has 1 aromatic rings. The normalized spacial score (nSPS) is 19.3. The van der Waals surface area contributed by atoms with E-state index in [1.807, 2.05) is 30.3 Å². The Morgan fingerprint density at radius 3 is 2.74 bits per heavy atom. The van der Waals surface area contributed by atoms with Gasteiger partial charge < -0.3 is 10.2 Å². The van der Waals surface area contributed by atoms with Crippen molar-refractivity contribution < 1.29 is 9.59 Å². The molecule has 1 unspecified atom stereocenters. The summed E-state index contributed by atoms with van der Waals surface area (Å²) in [5, 5.41) is 2.93. The fourth-order valence-corrected chi connectivity index (χ4v) is 2.47. The number of carbonyl (C=O) groups is 2. The molecule has 0 aliphatic carbocycles. The van der Waals surface area contributed by atoms with Crippen molar-refractivity contribution in [2.75, 3.05) is 19.6 Å². The Morgan fingerprint density at radius 2 is 2.05 bits per heavy atom. The number of likely N-dealkylation sites (tertiary alicyclic amines) is 1. The number of hydrogen-bond donors (Lipinski definition) is 1. The van der Waals surface area contributed by atoms with Gasteiger partial charge in [0.05, 0.1) is 0 Å². The molecule has 1 N–H and O–H groups in total. The molecule has 1 heterocycles. The predicted molar refractivity (Wildman–Crippen MR) is 74.1 cm³/mol. The predicted octanol–water partition coefficient (Wildman–Crippen LogP) is 1.47. The van der Waals surface area contributed by atoms with E-state index in [4.69, 9.17) is 0 Å². The van der Waals surface area contributed by atoms with Crippen molar-refractivity contribution in [1.82, 2.24) is 10.2 Å². The van der Waals surface area contributed by atoms with Crippen LogP contribution in [-0.2, 0) is 4.79 Å². The van der Waals surface area contributed by atoms with Gasteiger partial charge in [-0.05, 0) is 6.42 Å². The summed E-state index contributed by atoms with van der Waals surface area (Å²) in [5.41, 5.74) is 0.778. The van der Waals surface area contributed by atoms with E-state index in [9.17, 15) is 9.59 Å². The van der Waals surface area contributed by atoms with Crippen LogP contribution in [0.1, 0.15) is 30.1 Å². The Balaban J connectivity index is 1.75. The van der Waals surface area contributed by atoms with Gasteiger partial charge in [0.2, 0.25) is 5.91 Å². The highest BCUT2D eigenvalue weighted by atomic mass is 16.1. The molecule has 1 saturated heterocycles. The molecule has 4 nitrogen and oxygen atoms in total. The molecule has 1 atom stereocenters. The second-order valence-corrected chi connectivity index (χ2v) is 5.03. The lowest BCUT2D eigenvalue weighted by molar-refractivity contribution is -0.119. The van der Waals surface area contributed by atoms with Gasteiger partial charge in [-0.2, -0.15) is 0 Å². The molecule has 1 aliphatic rings. The van der Waals surface area contributed by atoms with Crippen LogP contribution in [0.5, 0.6) is 0 Å². The topological polar surface area (TPSA) is 49.4 Å². The summed E-state index contributed by atoms with van der Waals surface area (Å²) in [6.45, 7) is 4.11. The number of hydrogen-bond acceptors (Lipinski definition) is 3. The van der Waals surface area contributed by atoms with Crippen LogP contribution in [0.15, 0.2) is 30.3 Å². The summed E-state index contributed by atoms with van der Waals surface area (Å²) < 4.78 is 0. The molecule has 1 fully saturated rings. The maximum Gasteiger partial charge on any atom is 0.217 e. The Kier molecular flexibility index (Phi) is 4.68. The molecular weight excluding hydrogens is 240 g/mol. The van der Waals surface area contributed by atoms with E-state index < -0.39 is 0 Å². The average Bonchev–Trinajstić information content (AvgIpc) is 2.84. The van der Waals surface area contributed by atoms with Crippen LogP contribution in [-0.4, -0.2) is 42.3 Å². The standard InChI is InChI=1S/C15H20N2O2/c1-12(18)16-14-7-9-17(11-14)10-8-15(19)13-5-3-2-4-6-13/h2-6,14H,7-11H2,1H3,(H,16,18). The number of Topliss-reactive ketones (excluding diaryl/α,β-unsaturated/α-hetero) is 1. The fraction of sp³-hybridized carbons (Fsp3) is 0.467. The molecule has 19 heavy (non-hydrogen) atoms. The molecule has 0 saturated carbocycles. The minimum atomic E-state index is 0.0206. The van der Waals surface area contributed by atoms with E-state index in [1.165, 1.54) is 0 Å². The number of ketones is 1. The van der Waals surface area contributed by atoms with Crippen molar-refractivity contribution in [2.24, 2.45) is 0 Å². The van der Waals surface area contributed by atoms with E-state index >= 15 is 0 Å². The SMILES string of the molecule is CC(=O)NC1CCN(CCC(=O)c2ccccc2)C1. The summed E-state index contributed by atoms with van der Waals surface area (Å²) in [6, 6.07) is 9.63. The first-order chi connectivity index (χ1) is 9.15. The van der Waals surface area contributed by atoms with Gasteiger partial charge in [0.1, 0.15) is 0 Å². The molecule has 0 bridgehead atoms. The zero-order chi connectivity index (χ0) is 13.7. The summed E-state index contributed by atoms with van der Waals surface area (Å²) >= 11 is 0. The number of nitrogens with zero attached hydrogens (tertiary/aromatic N) is 1. The Morgan fingerprint density at radius 1 is 1.32 bits per heavy atom. The highest BCUT2D eigenvalue weighted by Crippen LogP contribution is 2.11. The molecule has 4 heteroatoms. The lowest BCUT2D eigenvalue weighted by atomic mass is 10.1. The number of amides is 1. The van der Waals surface area contributed by atoms with Gasteiger partial charge in [0, 0.05) is 44.6 Å². The smallest absolute Gasteiger partial charge is 0.217 e. The highest BCUT2D eigenvalue weighted by molar-refractivity contribution is 5.96. The van der Waals surface area contributed by atoms with E-state index in [0.29, 0.717) is 6.42 Å². The fourth-order valence-electron chi connectivity index (χ4n) is 2.47. The first-order valence-electron chi connectivity index (χ1n) is 6.73. The molecule has 2 rings (SSSR count). The van der Waals surface area contributed by atoms with Crippen LogP contribution < -0.4 is 5.32 Å². The van der Waals surface area contributed by atoms with Gasteiger partial charge in [-0.1, -0.05) is 30.3 Å². The van der Waals surface area contributed by atoms with E-state index in [-0.39, 0.29) is 17.7 Å². The molecule has 102 valence electrons. The summed E-state index contributed by atoms with van der Waals surface area (Å²) in [6.07, 6.45) is 1.51. The summed E-state index contributed by atoms with van der Waals surface area (Å²) in [4.78, 5) is 25.2.